The molecule has 1 nitrogen and oxygen atoms in total. The van der Waals surface area contributed by atoms with E-state index < -0.39 is 0 Å². The molecule has 19 heavy (non-hydrogen) atoms. The zero-order chi connectivity index (χ0) is 14.9. The first-order valence-electron chi connectivity index (χ1n) is 8.11. The van der Waals surface area contributed by atoms with Crippen molar-refractivity contribution in [2.75, 3.05) is 13.1 Å². The summed E-state index contributed by atoms with van der Waals surface area (Å²) in [5.74, 6) is 2.94. The Kier molecular flexibility index (Phi) is 9.19. The van der Waals surface area contributed by atoms with Crippen LogP contribution < -0.4 is 0 Å². The number of terminal acetylenes is 1. The summed E-state index contributed by atoms with van der Waals surface area (Å²) in [6.07, 6.45) is 12.0. The van der Waals surface area contributed by atoms with E-state index in [1.165, 1.54) is 45.2 Å². The molecular weight excluding hydrogens is 230 g/mol. The Morgan fingerprint density at radius 1 is 1.11 bits per heavy atom. The average molecular weight is 265 g/mol. The summed E-state index contributed by atoms with van der Waals surface area (Å²) in [6, 6.07) is 0.742. The van der Waals surface area contributed by atoms with Crippen LogP contribution in [0.25, 0.3) is 0 Å². The SMILES string of the molecule is C#CC(C)C.CCCC1(CC)CCN(C(C)C)CC1. The van der Waals surface area contributed by atoms with Gasteiger partial charge in [-0.15, -0.1) is 12.3 Å². The quantitative estimate of drug-likeness (QED) is 0.649. The molecule has 1 aliphatic rings. The molecule has 0 saturated carbocycles. The summed E-state index contributed by atoms with van der Waals surface area (Å²) in [4.78, 5) is 2.63. The lowest BCUT2D eigenvalue weighted by Gasteiger charge is -2.43. The third-order valence-corrected chi connectivity index (χ3v) is 4.45. The van der Waals surface area contributed by atoms with Gasteiger partial charge >= 0.3 is 0 Å². The number of rotatable bonds is 4. The molecule has 0 atom stereocenters. The van der Waals surface area contributed by atoms with Crippen LogP contribution in [0.15, 0.2) is 0 Å². The van der Waals surface area contributed by atoms with Gasteiger partial charge < -0.3 is 4.90 Å². The Morgan fingerprint density at radius 3 is 1.84 bits per heavy atom. The maximum Gasteiger partial charge on any atom is 0.0143 e. The van der Waals surface area contributed by atoms with Gasteiger partial charge in [0.25, 0.3) is 0 Å². The molecule has 1 saturated heterocycles. The molecule has 0 radical (unpaired) electrons. The molecule has 1 heteroatoms. The van der Waals surface area contributed by atoms with E-state index in [1.54, 1.807) is 0 Å². The third kappa shape index (κ3) is 7.02. The molecule has 1 heterocycles. The van der Waals surface area contributed by atoms with E-state index in [0.29, 0.717) is 11.3 Å². The van der Waals surface area contributed by atoms with E-state index >= 15 is 0 Å². The van der Waals surface area contributed by atoms with E-state index in [0.717, 1.165) is 6.04 Å². The maximum atomic E-state index is 4.92. The van der Waals surface area contributed by atoms with Crippen molar-refractivity contribution in [3.63, 3.8) is 0 Å². The topological polar surface area (TPSA) is 3.24 Å². The van der Waals surface area contributed by atoms with Gasteiger partial charge in [0.05, 0.1) is 0 Å². The first-order chi connectivity index (χ1) is 8.90. The van der Waals surface area contributed by atoms with Crippen molar-refractivity contribution >= 4 is 0 Å². The lowest BCUT2D eigenvalue weighted by atomic mass is 9.73. The van der Waals surface area contributed by atoms with Crippen molar-refractivity contribution in [3.05, 3.63) is 0 Å². The molecule has 0 amide bonds. The maximum absolute atomic E-state index is 4.92. The van der Waals surface area contributed by atoms with Crippen molar-refractivity contribution < 1.29 is 0 Å². The highest BCUT2D eigenvalue weighted by molar-refractivity contribution is 4.87. The summed E-state index contributed by atoms with van der Waals surface area (Å²) in [5.41, 5.74) is 0.695. The number of piperidine rings is 1. The van der Waals surface area contributed by atoms with Crippen LogP contribution in [0.2, 0.25) is 0 Å². The van der Waals surface area contributed by atoms with Gasteiger partial charge in [0.15, 0.2) is 0 Å². The van der Waals surface area contributed by atoms with Crippen LogP contribution >= 0.6 is 0 Å². The smallest absolute Gasteiger partial charge is 0.0143 e. The highest BCUT2D eigenvalue weighted by Crippen LogP contribution is 2.39. The summed E-state index contributed by atoms with van der Waals surface area (Å²) in [6.45, 7) is 16.0. The van der Waals surface area contributed by atoms with Crippen molar-refractivity contribution in [2.24, 2.45) is 11.3 Å². The van der Waals surface area contributed by atoms with Gasteiger partial charge in [-0.1, -0.05) is 40.5 Å². The van der Waals surface area contributed by atoms with Crippen molar-refractivity contribution in [1.82, 2.24) is 4.90 Å². The Bertz CT molecular complexity index is 251. The zero-order valence-electron chi connectivity index (χ0n) is 14.1. The molecule has 0 aromatic heterocycles. The second-order valence-corrected chi connectivity index (χ2v) is 6.55. The highest BCUT2D eigenvalue weighted by Gasteiger charge is 2.32. The predicted octanol–water partition coefficient (Wildman–Crippen LogP) is 4.96. The molecule has 0 aromatic rings. The first kappa shape index (κ1) is 18.5. The second-order valence-electron chi connectivity index (χ2n) is 6.55. The second kappa shape index (κ2) is 9.43. The average Bonchev–Trinajstić information content (AvgIpc) is 2.40. The molecule has 0 unspecified atom stereocenters. The lowest BCUT2D eigenvalue weighted by molar-refractivity contribution is 0.0719. The summed E-state index contributed by atoms with van der Waals surface area (Å²) in [7, 11) is 0. The summed E-state index contributed by atoms with van der Waals surface area (Å²) >= 11 is 0. The van der Waals surface area contributed by atoms with E-state index in [4.69, 9.17) is 6.42 Å². The Hall–Kier alpha value is -0.480. The predicted molar refractivity (Wildman–Crippen MR) is 87.2 cm³/mol. The number of hydrogen-bond donors (Lipinski definition) is 0. The molecule has 0 aromatic carbocycles. The van der Waals surface area contributed by atoms with Crippen molar-refractivity contribution in [1.29, 1.82) is 0 Å². The standard InChI is InChI=1S/C13H27N.C5H8/c1-5-7-13(6-2)8-10-14(11-9-13)12(3)4;1-4-5(2)3/h12H,5-11H2,1-4H3;1,5H,2-3H3. The molecule has 112 valence electrons. The van der Waals surface area contributed by atoms with Gasteiger partial charge in [-0.05, 0) is 51.6 Å². The van der Waals surface area contributed by atoms with Gasteiger partial charge in [0, 0.05) is 12.0 Å². The Labute approximate surface area is 122 Å². The minimum Gasteiger partial charge on any atom is -0.301 e. The molecular formula is C18H35N. The van der Waals surface area contributed by atoms with Gasteiger partial charge in [0.2, 0.25) is 0 Å². The van der Waals surface area contributed by atoms with Crippen molar-refractivity contribution in [3.8, 4) is 12.3 Å². The minimum absolute atomic E-state index is 0.412. The Morgan fingerprint density at radius 2 is 1.58 bits per heavy atom. The Balaban J connectivity index is 0.000000555. The highest BCUT2D eigenvalue weighted by atomic mass is 15.2. The van der Waals surface area contributed by atoms with E-state index in [9.17, 15) is 0 Å². The molecule has 1 fully saturated rings. The largest absolute Gasteiger partial charge is 0.301 e. The number of likely N-dealkylation sites (tertiary alicyclic amines) is 1. The van der Waals surface area contributed by atoms with Crippen LogP contribution in [0, 0.1) is 23.7 Å². The van der Waals surface area contributed by atoms with E-state index in [-0.39, 0.29) is 0 Å². The van der Waals surface area contributed by atoms with Gasteiger partial charge in [-0.25, -0.2) is 0 Å². The molecule has 0 N–H and O–H groups in total. The van der Waals surface area contributed by atoms with Gasteiger partial charge in [-0.2, -0.15) is 0 Å². The molecule has 0 spiro atoms. The van der Waals surface area contributed by atoms with Crippen LogP contribution in [0.3, 0.4) is 0 Å². The monoisotopic (exact) mass is 265 g/mol. The summed E-state index contributed by atoms with van der Waals surface area (Å²) < 4.78 is 0. The minimum atomic E-state index is 0.412. The third-order valence-electron chi connectivity index (χ3n) is 4.45. The zero-order valence-corrected chi connectivity index (χ0v) is 14.1. The molecule has 0 bridgehead atoms. The summed E-state index contributed by atoms with van der Waals surface area (Å²) in [5, 5.41) is 0. The van der Waals surface area contributed by atoms with E-state index in [2.05, 4.69) is 38.5 Å². The number of nitrogens with zero attached hydrogens (tertiary/aromatic N) is 1. The van der Waals surface area contributed by atoms with Crippen LogP contribution in [-0.4, -0.2) is 24.0 Å². The fourth-order valence-corrected chi connectivity index (χ4v) is 2.83. The number of hydrogen-bond acceptors (Lipinski definition) is 1. The van der Waals surface area contributed by atoms with Crippen LogP contribution in [0.5, 0.6) is 0 Å². The van der Waals surface area contributed by atoms with Gasteiger partial charge in [-0.3, -0.25) is 0 Å². The fourth-order valence-electron chi connectivity index (χ4n) is 2.83. The first-order valence-corrected chi connectivity index (χ1v) is 8.11. The van der Waals surface area contributed by atoms with Crippen LogP contribution in [0.4, 0.5) is 0 Å². The molecule has 1 rings (SSSR count). The lowest BCUT2D eigenvalue weighted by Crippen LogP contribution is -2.43. The van der Waals surface area contributed by atoms with Gasteiger partial charge in [0.1, 0.15) is 0 Å². The van der Waals surface area contributed by atoms with Crippen LogP contribution in [-0.2, 0) is 0 Å². The van der Waals surface area contributed by atoms with Crippen molar-refractivity contribution in [2.45, 2.75) is 79.7 Å². The fraction of sp³-hybridized carbons (Fsp3) is 0.889. The molecule has 0 aliphatic carbocycles. The molecule has 1 aliphatic heterocycles. The normalized spacial score (nSPS) is 18.9. The van der Waals surface area contributed by atoms with E-state index in [1.807, 2.05) is 13.8 Å². The van der Waals surface area contributed by atoms with Crippen LogP contribution in [0.1, 0.15) is 73.6 Å².